The van der Waals surface area contributed by atoms with Crippen molar-refractivity contribution in [1.29, 1.82) is 0 Å². The fourth-order valence-corrected chi connectivity index (χ4v) is 0.995. The van der Waals surface area contributed by atoms with Crippen LogP contribution in [-0.2, 0) is 0 Å². The maximum atomic E-state index is 4.19. The average Bonchev–Trinajstić information content (AvgIpc) is 2.55. The van der Waals surface area contributed by atoms with Crippen LogP contribution in [0.25, 0.3) is 5.47 Å². The van der Waals surface area contributed by atoms with Crippen molar-refractivity contribution in [2.24, 2.45) is 0 Å². The predicted octanol–water partition coefficient (Wildman–Crippen LogP) is 0.686. The van der Waals surface area contributed by atoms with Crippen molar-refractivity contribution in [3.63, 3.8) is 0 Å². The van der Waals surface area contributed by atoms with Crippen molar-refractivity contribution >= 4 is 12.8 Å². The van der Waals surface area contributed by atoms with E-state index in [0.717, 1.165) is 17.1 Å². The number of allylic oxidation sites excluding steroid dienone is 2. The minimum Gasteiger partial charge on any atom is -0.263 e. The Kier molecular flexibility index (Phi) is 1.38. The molecule has 0 fully saturated rings. The lowest BCUT2D eigenvalue weighted by Crippen LogP contribution is -1.91. The van der Waals surface area contributed by atoms with E-state index in [0.29, 0.717) is 0 Å². The molecule has 0 unspecified atom stereocenters. The second-order valence-corrected chi connectivity index (χ2v) is 2.42. The fourth-order valence-electron chi connectivity index (χ4n) is 0.995. The van der Waals surface area contributed by atoms with Gasteiger partial charge in [0, 0.05) is 0 Å². The van der Waals surface area contributed by atoms with E-state index in [1.54, 1.807) is 0 Å². The Hall–Kier alpha value is -1.32. The van der Waals surface area contributed by atoms with Crippen LogP contribution in [-0.4, -0.2) is 22.5 Å². The summed E-state index contributed by atoms with van der Waals surface area (Å²) in [5.74, 6) is 3.59. The van der Waals surface area contributed by atoms with Gasteiger partial charge in [0.25, 0.3) is 0 Å². The molecule has 3 nitrogen and oxygen atoms in total. The van der Waals surface area contributed by atoms with Gasteiger partial charge in [0.2, 0.25) is 0 Å². The minimum atomic E-state index is 0.771. The molecule has 4 heteroatoms. The van der Waals surface area contributed by atoms with Crippen LogP contribution in [0.2, 0.25) is 0 Å². The van der Waals surface area contributed by atoms with Gasteiger partial charge in [-0.2, -0.15) is 5.10 Å². The van der Waals surface area contributed by atoms with E-state index < -0.39 is 0 Å². The third kappa shape index (κ3) is 1.11. The molecule has 0 amide bonds. The summed E-state index contributed by atoms with van der Waals surface area (Å²) in [5, 5.41) is 6.82. The molecule has 1 aromatic rings. The lowest BCUT2D eigenvalue weighted by atomic mass is 9.73. The molecular formula is C7H7BN3. The third-order valence-corrected chi connectivity index (χ3v) is 1.52. The number of aromatic amines is 1. The summed E-state index contributed by atoms with van der Waals surface area (Å²) in [4.78, 5) is 4.19. The Bertz CT molecular complexity index is 324. The van der Waals surface area contributed by atoms with Crippen molar-refractivity contribution < 1.29 is 0 Å². The van der Waals surface area contributed by atoms with Crippen molar-refractivity contribution in [2.45, 2.75) is 6.92 Å². The van der Waals surface area contributed by atoms with Crippen molar-refractivity contribution in [1.82, 2.24) is 15.2 Å². The first-order valence-corrected chi connectivity index (χ1v) is 3.47. The Morgan fingerprint density at radius 3 is 3.00 bits per heavy atom. The van der Waals surface area contributed by atoms with E-state index in [9.17, 15) is 0 Å². The summed E-state index contributed by atoms with van der Waals surface area (Å²) in [6, 6.07) is 0. The molecular weight excluding hydrogens is 137 g/mol. The first-order valence-electron chi connectivity index (χ1n) is 3.47. The highest BCUT2D eigenvalue weighted by Gasteiger charge is 2.07. The molecule has 0 aromatic carbocycles. The smallest absolute Gasteiger partial charge is 0.186 e. The monoisotopic (exact) mass is 144 g/mol. The van der Waals surface area contributed by atoms with E-state index in [4.69, 9.17) is 0 Å². The van der Waals surface area contributed by atoms with Gasteiger partial charge in [-0.3, -0.25) is 5.10 Å². The quantitative estimate of drug-likeness (QED) is 0.589. The molecule has 0 saturated carbocycles. The highest BCUT2D eigenvalue weighted by Crippen LogP contribution is 2.11. The van der Waals surface area contributed by atoms with Gasteiger partial charge in [0.15, 0.2) is 13.1 Å². The lowest BCUT2D eigenvalue weighted by Gasteiger charge is -1.89. The maximum Gasteiger partial charge on any atom is 0.186 e. The number of rotatable bonds is 1. The molecule has 1 aliphatic rings. The fraction of sp³-hybridized carbons (Fsp3) is 0.143. The van der Waals surface area contributed by atoms with Gasteiger partial charge >= 0.3 is 0 Å². The zero-order valence-electron chi connectivity index (χ0n) is 6.20. The Balaban J connectivity index is 2.30. The first kappa shape index (κ1) is 6.40. The molecule has 0 saturated heterocycles. The van der Waals surface area contributed by atoms with E-state index in [1.165, 1.54) is 0 Å². The van der Waals surface area contributed by atoms with Gasteiger partial charge < -0.3 is 0 Å². The van der Waals surface area contributed by atoms with Crippen LogP contribution in [0.5, 0.6) is 0 Å². The van der Waals surface area contributed by atoms with Crippen LogP contribution in [0.15, 0.2) is 18.1 Å². The van der Waals surface area contributed by atoms with Gasteiger partial charge in [-0.25, -0.2) is 4.98 Å². The van der Waals surface area contributed by atoms with Crippen molar-refractivity contribution in [2.75, 3.05) is 0 Å². The Morgan fingerprint density at radius 2 is 2.45 bits per heavy atom. The molecule has 1 aromatic heterocycles. The number of aromatic nitrogens is 3. The molecule has 0 aliphatic carbocycles. The second-order valence-electron chi connectivity index (χ2n) is 2.42. The van der Waals surface area contributed by atoms with Gasteiger partial charge in [-0.05, 0) is 12.4 Å². The van der Waals surface area contributed by atoms with Crippen LogP contribution in [0.1, 0.15) is 11.6 Å². The zero-order valence-corrected chi connectivity index (χ0v) is 6.20. The van der Waals surface area contributed by atoms with Crippen LogP contribution in [0.3, 0.4) is 0 Å². The lowest BCUT2D eigenvalue weighted by molar-refractivity contribution is 1.03. The standard InChI is InChI=1S/C7H7BN3/c1-5-9-7(11-10-5)6-3-2-4-8-6/h2-4H,1H3,(H,9,10,11). The summed E-state index contributed by atoms with van der Waals surface area (Å²) in [5.41, 5.74) is 1.06. The van der Waals surface area contributed by atoms with Gasteiger partial charge in [0.1, 0.15) is 5.82 Å². The SMILES string of the molecule is Cc1nc(C2=CC=C[B]2)n[nH]1. The second kappa shape index (κ2) is 2.38. The van der Waals surface area contributed by atoms with E-state index in [1.807, 2.05) is 32.3 Å². The summed E-state index contributed by atoms with van der Waals surface area (Å²) in [7, 11) is 1.99. The topological polar surface area (TPSA) is 41.6 Å². The molecule has 0 atom stereocenters. The zero-order chi connectivity index (χ0) is 7.68. The summed E-state index contributed by atoms with van der Waals surface area (Å²) >= 11 is 0. The number of nitrogens with one attached hydrogen (secondary N) is 1. The van der Waals surface area contributed by atoms with Crippen LogP contribution in [0, 0.1) is 6.92 Å². The highest BCUT2D eigenvalue weighted by molar-refractivity contribution is 6.66. The number of H-pyrrole nitrogens is 1. The largest absolute Gasteiger partial charge is 0.263 e. The molecule has 1 radical (unpaired) electrons. The molecule has 53 valence electrons. The maximum absolute atomic E-state index is 4.19. The van der Waals surface area contributed by atoms with Crippen molar-refractivity contribution in [3.8, 4) is 0 Å². The number of hydrogen-bond donors (Lipinski definition) is 1. The Morgan fingerprint density at radius 1 is 1.55 bits per heavy atom. The molecule has 1 aliphatic heterocycles. The number of aryl methyl sites for hydroxylation is 1. The van der Waals surface area contributed by atoms with Crippen LogP contribution >= 0.6 is 0 Å². The molecule has 0 spiro atoms. The molecule has 1 N–H and O–H groups in total. The van der Waals surface area contributed by atoms with Gasteiger partial charge in [-0.15, -0.1) is 5.98 Å². The average molecular weight is 144 g/mol. The van der Waals surface area contributed by atoms with E-state index >= 15 is 0 Å². The van der Waals surface area contributed by atoms with Crippen LogP contribution < -0.4 is 0 Å². The number of hydrogen-bond acceptors (Lipinski definition) is 2. The predicted molar refractivity (Wildman–Crippen MR) is 44.0 cm³/mol. The minimum absolute atomic E-state index is 0.771. The molecule has 2 heterocycles. The molecule has 11 heavy (non-hydrogen) atoms. The van der Waals surface area contributed by atoms with E-state index in [-0.39, 0.29) is 0 Å². The summed E-state index contributed by atoms with van der Waals surface area (Å²) in [6.07, 6.45) is 3.96. The normalized spacial score (nSPS) is 14.8. The Labute approximate surface area is 65.5 Å². The summed E-state index contributed by atoms with van der Waals surface area (Å²) in [6.45, 7) is 1.89. The third-order valence-electron chi connectivity index (χ3n) is 1.52. The highest BCUT2D eigenvalue weighted by atomic mass is 15.2. The summed E-state index contributed by atoms with van der Waals surface area (Å²) < 4.78 is 0. The van der Waals surface area contributed by atoms with Gasteiger partial charge in [-0.1, -0.05) is 12.2 Å². The van der Waals surface area contributed by atoms with Gasteiger partial charge in [0.05, 0.1) is 0 Å². The number of nitrogens with zero attached hydrogens (tertiary/aromatic N) is 2. The van der Waals surface area contributed by atoms with E-state index in [2.05, 4.69) is 15.2 Å². The first-order chi connectivity index (χ1) is 5.36. The molecule has 0 bridgehead atoms. The van der Waals surface area contributed by atoms with Crippen molar-refractivity contribution in [3.05, 3.63) is 29.8 Å². The van der Waals surface area contributed by atoms with Crippen LogP contribution in [0.4, 0.5) is 0 Å². The molecule has 2 rings (SSSR count).